The van der Waals surface area contributed by atoms with Crippen LogP contribution in [0.4, 0.5) is 13.2 Å². The second-order valence-corrected chi connectivity index (χ2v) is 5.89. The molecule has 0 unspecified atom stereocenters. The Bertz CT molecular complexity index is 328. The fourth-order valence-electron chi connectivity index (χ4n) is 1.92. The summed E-state index contributed by atoms with van der Waals surface area (Å²) in [6.45, 7) is 5.17. The van der Waals surface area contributed by atoms with Crippen LogP contribution in [0.2, 0.25) is 0 Å². The van der Waals surface area contributed by atoms with Crippen molar-refractivity contribution >= 4 is 5.97 Å². The Morgan fingerprint density at radius 3 is 2.11 bits per heavy atom. The van der Waals surface area contributed by atoms with Crippen LogP contribution in [0.3, 0.4) is 0 Å². The van der Waals surface area contributed by atoms with E-state index in [1.54, 1.807) is 25.7 Å². The number of likely N-dealkylation sites (tertiary alicyclic amines) is 1. The van der Waals surface area contributed by atoms with Crippen LogP contribution in [0.5, 0.6) is 0 Å². The monoisotopic (exact) mass is 283 g/mol. The number of esters is 1. The van der Waals surface area contributed by atoms with Crippen molar-refractivity contribution in [1.29, 1.82) is 0 Å². The average Bonchev–Trinajstić information content (AvgIpc) is 2.17. The van der Waals surface area contributed by atoms with Gasteiger partial charge in [0.25, 0.3) is 0 Å². The minimum Gasteiger partial charge on any atom is -0.459 e. The van der Waals surface area contributed by atoms with Gasteiger partial charge in [0.15, 0.2) is 5.60 Å². The fourth-order valence-corrected chi connectivity index (χ4v) is 1.92. The van der Waals surface area contributed by atoms with Gasteiger partial charge in [-0.15, -0.1) is 0 Å². The Morgan fingerprint density at radius 2 is 1.74 bits per heavy atom. The molecule has 19 heavy (non-hydrogen) atoms. The Morgan fingerprint density at radius 1 is 1.26 bits per heavy atom. The van der Waals surface area contributed by atoms with Gasteiger partial charge in [-0.25, -0.2) is 0 Å². The van der Waals surface area contributed by atoms with E-state index in [9.17, 15) is 23.1 Å². The van der Waals surface area contributed by atoms with E-state index in [2.05, 4.69) is 0 Å². The van der Waals surface area contributed by atoms with E-state index in [-0.39, 0.29) is 19.6 Å². The average molecular weight is 283 g/mol. The number of piperidine rings is 1. The first kappa shape index (κ1) is 16.2. The van der Waals surface area contributed by atoms with E-state index >= 15 is 0 Å². The normalized spacial score (nSPS) is 21.2. The number of carbonyl (C=O) groups is 1. The third-order valence-corrected chi connectivity index (χ3v) is 2.98. The summed E-state index contributed by atoms with van der Waals surface area (Å²) in [5, 5.41) is 9.48. The van der Waals surface area contributed by atoms with Gasteiger partial charge in [-0.05, 0) is 33.6 Å². The quantitative estimate of drug-likeness (QED) is 0.784. The number of rotatable bonds is 2. The topological polar surface area (TPSA) is 49.8 Å². The van der Waals surface area contributed by atoms with Crippen molar-refractivity contribution in [1.82, 2.24) is 4.90 Å². The van der Waals surface area contributed by atoms with E-state index in [0.717, 1.165) is 0 Å². The fraction of sp³-hybridized carbons (Fsp3) is 0.917. The summed E-state index contributed by atoms with van der Waals surface area (Å²) in [6, 6.07) is 0. The Hall–Kier alpha value is -0.820. The first-order chi connectivity index (χ1) is 8.43. The van der Waals surface area contributed by atoms with E-state index < -0.39 is 36.2 Å². The van der Waals surface area contributed by atoms with E-state index in [1.165, 1.54) is 0 Å². The van der Waals surface area contributed by atoms with Crippen LogP contribution in [0.1, 0.15) is 33.6 Å². The third kappa shape index (κ3) is 4.65. The molecule has 1 rings (SSSR count). The van der Waals surface area contributed by atoms with Crippen molar-refractivity contribution < 1.29 is 27.8 Å². The molecule has 0 aliphatic carbocycles. The van der Waals surface area contributed by atoms with Gasteiger partial charge in [0.05, 0.1) is 6.54 Å². The van der Waals surface area contributed by atoms with Crippen LogP contribution in [0.25, 0.3) is 0 Å². The first-order valence-corrected chi connectivity index (χ1v) is 6.16. The van der Waals surface area contributed by atoms with Gasteiger partial charge >= 0.3 is 12.1 Å². The van der Waals surface area contributed by atoms with Gasteiger partial charge in [0.2, 0.25) is 0 Å². The number of hydrogen-bond donors (Lipinski definition) is 1. The van der Waals surface area contributed by atoms with Crippen LogP contribution >= 0.6 is 0 Å². The van der Waals surface area contributed by atoms with Crippen molar-refractivity contribution in [3.63, 3.8) is 0 Å². The molecule has 1 fully saturated rings. The molecule has 1 N–H and O–H groups in total. The highest BCUT2D eigenvalue weighted by molar-refractivity contribution is 5.72. The third-order valence-electron chi connectivity index (χ3n) is 2.98. The molecular weight excluding hydrogens is 263 g/mol. The summed E-state index contributed by atoms with van der Waals surface area (Å²) in [5.74, 6) is -0.468. The van der Waals surface area contributed by atoms with Gasteiger partial charge in [-0.2, -0.15) is 13.2 Å². The number of alkyl halides is 3. The van der Waals surface area contributed by atoms with Crippen LogP contribution in [-0.2, 0) is 9.53 Å². The maximum Gasteiger partial charge on any atom is 0.417 e. The molecule has 1 saturated heterocycles. The Balaban J connectivity index is 2.45. The van der Waals surface area contributed by atoms with Crippen LogP contribution in [0.15, 0.2) is 0 Å². The highest BCUT2D eigenvalue weighted by Gasteiger charge is 2.54. The van der Waals surface area contributed by atoms with Gasteiger partial charge in [-0.1, -0.05) is 0 Å². The number of aliphatic hydroxyl groups is 1. The first-order valence-electron chi connectivity index (χ1n) is 6.16. The lowest BCUT2D eigenvalue weighted by Crippen LogP contribution is -2.54. The largest absolute Gasteiger partial charge is 0.459 e. The van der Waals surface area contributed by atoms with Crippen molar-refractivity contribution in [3.05, 3.63) is 0 Å². The molecule has 0 amide bonds. The van der Waals surface area contributed by atoms with Gasteiger partial charge in [0, 0.05) is 13.1 Å². The highest BCUT2D eigenvalue weighted by atomic mass is 19.4. The van der Waals surface area contributed by atoms with Crippen molar-refractivity contribution in [2.45, 2.75) is 51.0 Å². The standard InChI is InChI=1S/C12H20F3NO3/c1-10(2,3)19-9(17)8-16-6-4-11(18,5-7-16)12(13,14)15/h18H,4-8H2,1-3H3. The molecule has 1 heterocycles. The maximum absolute atomic E-state index is 12.6. The summed E-state index contributed by atoms with van der Waals surface area (Å²) >= 11 is 0. The molecule has 4 nitrogen and oxygen atoms in total. The minimum absolute atomic E-state index is 0.0231. The lowest BCUT2D eigenvalue weighted by atomic mass is 9.91. The molecule has 1 aliphatic rings. The predicted molar refractivity (Wildman–Crippen MR) is 62.5 cm³/mol. The Labute approximate surface area is 110 Å². The zero-order chi connectivity index (χ0) is 14.9. The summed E-state index contributed by atoms with van der Waals surface area (Å²) in [5.41, 5.74) is -3.24. The molecule has 7 heteroatoms. The highest BCUT2D eigenvalue weighted by Crippen LogP contribution is 2.38. The molecule has 0 bridgehead atoms. The smallest absolute Gasteiger partial charge is 0.417 e. The van der Waals surface area contributed by atoms with Crippen LogP contribution in [0, 0.1) is 0 Å². The molecule has 0 saturated carbocycles. The zero-order valence-electron chi connectivity index (χ0n) is 11.4. The Kier molecular flexibility index (Phi) is 4.51. The summed E-state index contributed by atoms with van der Waals surface area (Å²) in [6.07, 6.45) is -5.45. The lowest BCUT2D eigenvalue weighted by Gasteiger charge is -2.38. The maximum atomic E-state index is 12.6. The van der Waals surface area contributed by atoms with Crippen LogP contribution in [-0.4, -0.2) is 53.0 Å². The molecule has 0 spiro atoms. The molecule has 1 aliphatic heterocycles. The molecule has 0 radical (unpaired) electrons. The molecule has 0 aromatic carbocycles. The molecule has 112 valence electrons. The SMILES string of the molecule is CC(C)(C)OC(=O)CN1CCC(O)(C(F)(F)F)CC1. The summed E-state index contributed by atoms with van der Waals surface area (Å²) in [7, 11) is 0. The summed E-state index contributed by atoms with van der Waals surface area (Å²) < 4.78 is 42.8. The van der Waals surface area contributed by atoms with Gasteiger partial charge in [0.1, 0.15) is 5.60 Å². The molecule has 0 aromatic rings. The van der Waals surface area contributed by atoms with Crippen molar-refractivity contribution in [2.24, 2.45) is 0 Å². The van der Waals surface area contributed by atoms with Crippen LogP contribution < -0.4 is 0 Å². The number of carbonyl (C=O) groups excluding carboxylic acids is 1. The summed E-state index contributed by atoms with van der Waals surface area (Å²) in [4.78, 5) is 13.1. The lowest BCUT2D eigenvalue weighted by molar-refractivity contribution is -0.272. The van der Waals surface area contributed by atoms with Crippen molar-refractivity contribution in [3.8, 4) is 0 Å². The van der Waals surface area contributed by atoms with Gasteiger partial charge in [-0.3, -0.25) is 9.69 Å². The zero-order valence-corrected chi connectivity index (χ0v) is 11.4. The second kappa shape index (κ2) is 5.28. The number of ether oxygens (including phenoxy) is 1. The second-order valence-electron chi connectivity index (χ2n) is 5.89. The van der Waals surface area contributed by atoms with Gasteiger partial charge < -0.3 is 9.84 Å². The number of hydrogen-bond acceptors (Lipinski definition) is 4. The minimum atomic E-state index is -4.62. The molecular formula is C12H20F3NO3. The van der Waals surface area contributed by atoms with E-state index in [4.69, 9.17) is 4.74 Å². The molecule has 0 atom stereocenters. The van der Waals surface area contributed by atoms with Crippen molar-refractivity contribution in [2.75, 3.05) is 19.6 Å². The number of halogens is 3. The van der Waals surface area contributed by atoms with E-state index in [0.29, 0.717) is 0 Å². The molecule has 0 aromatic heterocycles. The number of nitrogens with zero attached hydrogens (tertiary/aromatic N) is 1. The predicted octanol–water partition coefficient (Wildman–Crippen LogP) is 1.72. The van der Waals surface area contributed by atoms with E-state index in [1.807, 2.05) is 0 Å².